The summed E-state index contributed by atoms with van der Waals surface area (Å²) in [6.07, 6.45) is 3.86. The van der Waals surface area contributed by atoms with E-state index < -0.39 is 0 Å². The van der Waals surface area contributed by atoms with E-state index in [-0.39, 0.29) is 0 Å². The Kier molecular flexibility index (Phi) is 4.62. The minimum absolute atomic E-state index is 0.425. The maximum atomic E-state index is 4.78. The molecule has 1 N–H and O–H groups in total. The van der Waals surface area contributed by atoms with Crippen molar-refractivity contribution in [2.75, 3.05) is 18.0 Å². The SMILES string of the molecule is CCCNC(C)c1sc(N(CC)C2CC2)nc1C. The molecule has 1 aromatic heterocycles. The number of rotatable bonds is 7. The molecule has 1 heterocycles. The highest BCUT2D eigenvalue weighted by Gasteiger charge is 2.30. The van der Waals surface area contributed by atoms with Crippen LogP contribution in [0.2, 0.25) is 0 Å². The highest BCUT2D eigenvalue weighted by atomic mass is 32.1. The Morgan fingerprint density at radius 3 is 2.72 bits per heavy atom. The Balaban J connectivity index is 2.10. The van der Waals surface area contributed by atoms with Gasteiger partial charge >= 0.3 is 0 Å². The molecule has 0 amide bonds. The second-order valence-corrected chi connectivity index (χ2v) is 6.15. The molecule has 0 saturated heterocycles. The standard InChI is InChI=1S/C14H25N3S/c1-5-9-15-10(3)13-11(4)16-14(18-13)17(6-2)12-7-8-12/h10,12,15H,5-9H2,1-4H3. The van der Waals surface area contributed by atoms with Crippen molar-refractivity contribution in [1.29, 1.82) is 0 Å². The zero-order chi connectivity index (χ0) is 13.1. The van der Waals surface area contributed by atoms with E-state index in [4.69, 9.17) is 4.98 Å². The molecule has 3 nitrogen and oxygen atoms in total. The van der Waals surface area contributed by atoms with Crippen LogP contribution in [0.5, 0.6) is 0 Å². The fourth-order valence-corrected chi connectivity index (χ4v) is 3.54. The predicted molar refractivity (Wildman–Crippen MR) is 79.6 cm³/mol. The van der Waals surface area contributed by atoms with Gasteiger partial charge in [-0.1, -0.05) is 6.92 Å². The normalized spacial score (nSPS) is 16.9. The van der Waals surface area contributed by atoms with Crippen LogP contribution in [0.1, 0.15) is 56.6 Å². The van der Waals surface area contributed by atoms with Gasteiger partial charge in [0, 0.05) is 23.5 Å². The van der Waals surface area contributed by atoms with Crippen LogP contribution in [0.15, 0.2) is 0 Å². The van der Waals surface area contributed by atoms with Gasteiger partial charge in [-0.2, -0.15) is 0 Å². The van der Waals surface area contributed by atoms with Crippen LogP contribution < -0.4 is 10.2 Å². The summed E-state index contributed by atoms with van der Waals surface area (Å²) in [6.45, 7) is 11.0. The fraction of sp³-hybridized carbons (Fsp3) is 0.786. The fourth-order valence-electron chi connectivity index (χ4n) is 2.31. The third-order valence-corrected chi connectivity index (χ3v) is 4.87. The molecule has 1 unspecified atom stereocenters. The average molecular weight is 267 g/mol. The van der Waals surface area contributed by atoms with Crippen LogP contribution in [0, 0.1) is 6.92 Å². The Hall–Kier alpha value is -0.610. The summed E-state index contributed by atoms with van der Waals surface area (Å²) in [5.74, 6) is 0. The van der Waals surface area contributed by atoms with E-state index in [0.29, 0.717) is 6.04 Å². The first-order chi connectivity index (χ1) is 8.67. The summed E-state index contributed by atoms with van der Waals surface area (Å²) in [5.41, 5.74) is 1.20. The molecule has 102 valence electrons. The highest BCUT2D eigenvalue weighted by Crippen LogP contribution is 2.36. The molecule has 1 aromatic rings. The van der Waals surface area contributed by atoms with Gasteiger partial charge in [0.25, 0.3) is 0 Å². The van der Waals surface area contributed by atoms with Crippen molar-refractivity contribution in [3.8, 4) is 0 Å². The molecular formula is C14H25N3S. The molecule has 0 aliphatic heterocycles. The van der Waals surface area contributed by atoms with Crippen molar-refractivity contribution >= 4 is 16.5 Å². The molecule has 0 radical (unpaired) electrons. The Bertz CT molecular complexity index is 384. The van der Waals surface area contributed by atoms with Gasteiger partial charge in [0.15, 0.2) is 5.13 Å². The molecule has 1 atom stereocenters. The van der Waals surface area contributed by atoms with Crippen molar-refractivity contribution in [3.63, 3.8) is 0 Å². The van der Waals surface area contributed by atoms with Gasteiger partial charge in [-0.05, 0) is 46.6 Å². The maximum Gasteiger partial charge on any atom is 0.186 e. The van der Waals surface area contributed by atoms with Gasteiger partial charge in [-0.15, -0.1) is 11.3 Å². The summed E-state index contributed by atoms with van der Waals surface area (Å²) in [7, 11) is 0. The van der Waals surface area contributed by atoms with Gasteiger partial charge in [0.1, 0.15) is 0 Å². The number of anilines is 1. The highest BCUT2D eigenvalue weighted by molar-refractivity contribution is 7.15. The van der Waals surface area contributed by atoms with E-state index in [1.807, 2.05) is 11.3 Å². The van der Waals surface area contributed by atoms with Crippen LogP contribution in [0.3, 0.4) is 0 Å². The molecule has 0 bridgehead atoms. The molecule has 1 aliphatic rings. The van der Waals surface area contributed by atoms with Crippen molar-refractivity contribution in [1.82, 2.24) is 10.3 Å². The summed E-state index contributed by atoms with van der Waals surface area (Å²) in [5, 5.41) is 4.78. The third-order valence-electron chi connectivity index (χ3n) is 3.49. The summed E-state index contributed by atoms with van der Waals surface area (Å²) in [6, 6.07) is 1.18. The Morgan fingerprint density at radius 2 is 2.17 bits per heavy atom. The van der Waals surface area contributed by atoms with E-state index >= 15 is 0 Å². The van der Waals surface area contributed by atoms with Gasteiger partial charge in [0.2, 0.25) is 0 Å². The van der Waals surface area contributed by atoms with E-state index in [0.717, 1.165) is 19.1 Å². The lowest BCUT2D eigenvalue weighted by Crippen LogP contribution is -2.24. The van der Waals surface area contributed by atoms with Gasteiger partial charge in [0.05, 0.1) is 5.69 Å². The van der Waals surface area contributed by atoms with Crippen LogP contribution in [-0.2, 0) is 0 Å². The first-order valence-corrected chi connectivity index (χ1v) is 7.96. The van der Waals surface area contributed by atoms with Crippen molar-refractivity contribution < 1.29 is 0 Å². The molecule has 4 heteroatoms. The zero-order valence-electron chi connectivity index (χ0n) is 12.0. The van der Waals surface area contributed by atoms with E-state index in [2.05, 4.69) is 37.9 Å². The van der Waals surface area contributed by atoms with Crippen LogP contribution >= 0.6 is 11.3 Å². The Labute approximate surface area is 115 Å². The zero-order valence-corrected chi connectivity index (χ0v) is 12.8. The number of nitrogens with zero attached hydrogens (tertiary/aromatic N) is 2. The maximum absolute atomic E-state index is 4.78. The van der Waals surface area contributed by atoms with E-state index in [1.165, 1.54) is 35.0 Å². The van der Waals surface area contributed by atoms with Gasteiger partial charge in [-0.3, -0.25) is 0 Å². The molecule has 1 aliphatic carbocycles. The molecular weight excluding hydrogens is 242 g/mol. The lowest BCUT2D eigenvalue weighted by Gasteiger charge is -2.18. The second-order valence-electron chi connectivity index (χ2n) is 5.14. The van der Waals surface area contributed by atoms with Crippen LogP contribution in [0.25, 0.3) is 0 Å². The first kappa shape index (κ1) is 13.8. The van der Waals surface area contributed by atoms with Crippen molar-refractivity contribution in [2.24, 2.45) is 0 Å². The summed E-state index contributed by atoms with van der Waals surface area (Å²) >= 11 is 1.87. The molecule has 2 rings (SSSR count). The number of aryl methyl sites for hydroxylation is 1. The predicted octanol–water partition coefficient (Wildman–Crippen LogP) is 3.50. The van der Waals surface area contributed by atoms with Crippen LogP contribution in [0.4, 0.5) is 5.13 Å². The lowest BCUT2D eigenvalue weighted by atomic mass is 10.2. The summed E-state index contributed by atoms with van der Waals surface area (Å²) in [4.78, 5) is 8.64. The lowest BCUT2D eigenvalue weighted by molar-refractivity contribution is 0.575. The Morgan fingerprint density at radius 1 is 1.44 bits per heavy atom. The first-order valence-electron chi connectivity index (χ1n) is 7.14. The summed E-state index contributed by atoms with van der Waals surface area (Å²) < 4.78 is 0. The topological polar surface area (TPSA) is 28.2 Å². The number of thiazole rings is 1. The minimum Gasteiger partial charge on any atom is -0.345 e. The quantitative estimate of drug-likeness (QED) is 0.819. The number of hydrogen-bond donors (Lipinski definition) is 1. The molecule has 1 saturated carbocycles. The molecule has 18 heavy (non-hydrogen) atoms. The monoisotopic (exact) mass is 267 g/mol. The van der Waals surface area contributed by atoms with Gasteiger partial charge in [-0.25, -0.2) is 4.98 Å². The number of nitrogens with one attached hydrogen (secondary N) is 1. The minimum atomic E-state index is 0.425. The molecule has 0 spiro atoms. The average Bonchev–Trinajstić information content (AvgIpc) is 3.11. The number of aromatic nitrogens is 1. The smallest absolute Gasteiger partial charge is 0.186 e. The molecule has 1 fully saturated rings. The van der Waals surface area contributed by atoms with Crippen molar-refractivity contribution in [2.45, 2.75) is 59.0 Å². The van der Waals surface area contributed by atoms with E-state index in [9.17, 15) is 0 Å². The molecule has 0 aromatic carbocycles. The van der Waals surface area contributed by atoms with Gasteiger partial charge < -0.3 is 10.2 Å². The largest absolute Gasteiger partial charge is 0.345 e. The third kappa shape index (κ3) is 3.04. The number of hydrogen-bond acceptors (Lipinski definition) is 4. The van der Waals surface area contributed by atoms with Crippen molar-refractivity contribution in [3.05, 3.63) is 10.6 Å². The van der Waals surface area contributed by atoms with Crippen LogP contribution in [-0.4, -0.2) is 24.1 Å². The second kappa shape index (κ2) is 6.02. The van der Waals surface area contributed by atoms with E-state index in [1.54, 1.807) is 0 Å².